The number of rotatable bonds is 7. The molecule has 0 fully saturated rings. The molecule has 4 heteroatoms. The van der Waals surface area contributed by atoms with E-state index in [0.29, 0.717) is 19.6 Å². The first-order chi connectivity index (χ1) is 5.35. The van der Waals surface area contributed by atoms with Crippen LogP contribution in [0.3, 0.4) is 0 Å². The third-order valence-electron chi connectivity index (χ3n) is 1.44. The van der Waals surface area contributed by atoms with Crippen molar-refractivity contribution in [2.45, 2.75) is 12.5 Å². The van der Waals surface area contributed by atoms with Crippen molar-refractivity contribution >= 4 is 0 Å². The summed E-state index contributed by atoms with van der Waals surface area (Å²) in [7, 11) is 1.63. The van der Waals surface area contributed by atoms with Gasteiger partial charge in [0.25, 0.3) is 0 Å². The Kier molecular flexibility index (Phi) is 7.83. The zero-order valence-electron chi connectivity index (χ0n) is 6.92. The second-order valence-corrected chi connectivity index (χ2v) is 2.34. The molecule has 0 amide bonds. The molecule has 0 aromatic rings. The molecular weight excluding hydrogens is 146 g/mol. The monoisotopic (exact) mass is 163 g/mol. The van der Waals surface area contributed by atoms with Gasteiger partial charge in [0.1, 0.15) is 0 Å². The van der Waals surface area contributed by atoms with E-state index >= 15 is 0 Å². The standard InChI is InChI=1S/C7H17NO3/c1-11-5-3-8-7(6-10)2-4-9/h7-10H,2-6H2,1H3. The van der Waals surface area contributed by atoms with Crippen LogP contribution in [0.4, 0.5) is 0 Å². The topological polar surface area (TPSA) is 61.7 Å². The van der Waals surface area contributed by atoms with Crippen LogP contribution < -0.4 is 5.32 Å². The Morgan fingerprint density at radius 2 is 2.18 bits per heavy atom. The van der Waals surface area contributed by atoms with Gasteiger partial charge in [-0.3, -0.25) is 0 Å². The highest BCUT2D eigenvalue weighted by molar-refractivity contribution is 4.63. The Morgan fingerprint density at radius 1 is 1.45 bits per heavy atom. The van der Waals surface area contributed by atoms with Crippen molar-refractivity contribution in [2.75, 3.05) is 33.5 Å². The van der Waals surface area contributed by atoms with Crippen LogP contribution in [0, 0.1) is 0 Å². The molecule has 0 saturated carbocycles. The van der Waals surface area contributed by atoms with Gasteiger partial charge in [-0.05, 0) is 6.42 Å². The summed E-state index contributed by atoms with van der Waals surface area (Å²) in [4.78, 5) is 0. The maximum Gasteiger partial charge on any atom is 0.0587 e. The largest absolute Gasteiger partial charge is 0.396 e. The average molecular weight is 163 g/mol. The Balaban J connectivity index is 3.20. The molecule has 0 aliphatic heterocycles. The number of methoxy groups -OCH3 is 1. The van der Waals surface area contributed by atoms with Crippen LogP contribution in [-0.4, -0.2) is 49.7 Å². The van der Waals surface area contributed by atoms with Crippen molar-refractivity contribution in [1.29, 1.82) is 0 Å². The number of nitrogens with one attached hydrogen (secondary N) is 1. The molecule has 68 valence electrons. The molecule has 0 radical (unpaired) electrons. The third-order valence-corrected chi connectivity index (χ3v) is 1.44. The first-order valence-electron chi connectivity index (χ1n) is 3.79. The van der Waals surface area contributed by atoms with Crippen molar-refractivity contribution in [3.05, 3.63) is 0 Å². The van der Waals surface area contributed by atoms with Crippen molar-refractivity contribution in [3.8, 4) is 0 Å². The van der Waals surface area contributed by atoms with E-state index in [1.807, 2.05) is 0 Å². The van der Waals surface area contributed by atoms with E-state index < -0.39 is 0 Å². The molecule has 3 N–H and O–H groups in total. The third kappa shape index (κ3) is 6.25. The molecule has 0 aliphatic carbocycles. The summed E-state index contributed by atoms with van der Waals surface area (Å²) >= 11 is 0. The van der Waals surface area contributed by atoms with Gasteiger partial charge in [0, 0.05) is 26.3 Å². The van der Waals surface area contributed by atoms with Crippen LogP contribution in [0.25, 0.3) is 0 Å². The maximum atomic E-state index is 8.74. The highest BCUT2D eigenvalue weighted by Gasteiger charge is 2.03. The molecule has 0 aromatic carbocycles. The molecule has 1 unspecified atom stereocenters. The fourth-order valence-electron chi connectivity index (χ4n) is 0.779. The molecule has 0 aromatic heterocycles. The van der Waals surface area contributed by atoms with Gasteiger partial charge in [0.15, 0.2) is 0 Å². The summed E-state index contributed by atoms with van der Waals surface area (Å²) in [6.07, 6.45) is 0.584. The zero-order valence-corrected chi connectivity index (χ0v) is 6.92. The zero-order chi connectivity index (χ0) is 8.53. The normalized spacial score (nSPS) is 13.4. The van der Waals surface area contributed by atoms with Crippen molar-refractivity contribution in [1.82, 2.24) is 5.32 Å². The smallest absolute Gasteiger partial charge is 0.0587 e. The van der Waals surface area contributed by atoms with Gasteiger partial charge in [0.05, 0.1) is 13.2 Å². The van der Waals surface area contributed by atoms with Crippen LogP contribution in [0.15, 0.2) is 0 Å². The highest BCUT2D eigenvalue weighted by Crippen LogP contribution is 1.87. The number of ether oxygens (including phenoxy) is 1. The number of aliphatic hydroxyl groups excluding tert-OH is 2. The molecule has 0 heterocycles. The fourth-order valence-corrected chi connectivity index (χ4v) is 0.779. The van der Waals surface area contributed by atoms with Gasteiger partial charge in [-0.15, -0.1) is 0 Å². The van der Waals surface area contributed by atoms with E-state index in [4.69, 9.17) is 14.9 Å². The first kappa shape index (κ1) is 10.8. The van der Waals surface area contributed by atoms with Gasteiger partial charge >= 0.3 is 0 Å². The Hall–Kier alpha value is -0.160. The Bertz CT molecular complexity index is 80.1. The minimum absolute atomic E-state index is 0.00449. The van der Waals surface area contributed by atoms with Gasteiger partial charge < -0.3 is 20.3 Å². The van der Waals surface area contributed by atoms with Crippen LogP contribution in [-0.2, 0) is 4.74 Å². The maximum absolute atomic E-state index is 8.74. The lowest BCUT2D eigenvalue weighted by Gasteiger charge is -2.13. The van der Waals surface area contributed by atoms with Gasteiger partial charge in [-0.2, -0.15) is 0 Å². The van der Waals surface area contributed by atoms with E-state index in [1.54, 1.807) is 7.11 Å². The average Bonchev–Trinajstić information content (AvgIpc) is 2.03. The van der Waals surface area contributed by atoms with Crippen molar-refractivity contribution in [3.63, 3.8) is 0 Å². The molecule has 0 rings (SSSR count). The van der Waals surface area contributed by atoms with Crippen LogP contribution in [0.2, 0.25) is 0 Å². The summed E-state index contributed by atoms with van der Waals surface area (Å²) in [5.74, 6) is 0. The van der Waals surface area contributed by atoms with Crippen molar-refractivity contribution in [2.24, 2.45) is 0 Å². The molecule has 0 saturated heterocycles. The fraction of sp³-hybridized carbons (Fsp3) is 1.00. The summed E-state index contributed by atoms with van der Waals surface area (Å²) in [5, 5.41) is 20.3. The minimum atomic E-state index is -0.00449. The van der Waals surface area contributed by atoms with Crippen LogP contribution in [0.5, 0.6) is 0 Å². The lowest BCUT2D eigenvalue weighted by Crippen LogP contribution is -2.35. The van der Waals surface area contributed by atoms with E-state index in [2.05, 4.69) is 5.32 Å². The van der Waals surface area contributed by atoms with E-state index in [1.165, 1.54) is 0 Å². The Morgan fingerprint density at radius 3 is 2.64 bits per heavy atom. The molecule has 0 bridgehead atoms. The van der Waals surface area contributed by atoms with E-state index in [-0.39, 0.29) is 19.3 Å². The lowest BCUT2D eigenvalue weighted by atomic mass is 10.2. The molecule has 0 aliphatic rings. The van der Waals surface area contributed by atoms with Gasteiger partial charge in [0.2, 0.25) is 0 Å². The summed E-state index contributed by atoms with van der Waals surface area (Å²) < 4.78 is 4.81. The molecule has 11 heavy (non-hydrogen) atoms. The predicted octanol–water partition coefficient (Wildman–Crippen LogP) is -1.03. The molecule has 0 spiro atoms. The highest BCUT2D eigenvalue weighted by atomic mass is 16.5. The van der Waals surface area contributed by atoms with Crippen molar-refractivity contribution < 1.29 is 14.9 Å². The van der Waals surface area contributed by atoms with Crippen LogP contribution >= 0.6 is 0 Å². The Labute approximate surface area is 67.2 Å². The SMILES string of the molecule is COCCNC(CO)CCO. The number of aliphatic hydroxyl groups is 2. The first-order valence-corrected chi connectivity index (χ1v) is 3.79. The second-order valence-electron chi connectivity index (χ2n) is 2.34. The summed E-state index contributed by atoms with van der Waals surface area (Å²) in [6, 6.07) is -0.00449. The predicted molar refractivity (Wildman–Crippen MR) is 42.5 cm³/mol. The molecular formula is C7H17NO3. The molecule has 1 atom stereocenters. The van der Waals surface area contributed by atoms with Crippen LogP contribution in [0.1, 0.15) is 6.42 Å². The summed E-state index contributed by atoms with van der Waals surface area (Å²) in [5.41, 5.74) is 0. The summed E-state index contributed by atoms with van der Waals surface area (Å²) in [6.45, 7) is 1.50. The van der Waals surface area contributed by atoms with Gasteiger partial charge in [-0.25, -0.2) is 0 Å². The van der Waals surface area contributed by atoms with E-state index in [9.17, 15) is 0 Å². The molecule has 4 nitrogen and oxygen atoms in total. The second kappa shape index (κ2) is 7.94. The quantitative estimate of drug-likeness (QED) is 0.420. The lowest BCUT2D eigenvalue weighted by molar-refractivity contribution is 0.170. The van der Waals surface area contributed by atoms with E-state index in [0.717, 1.165) is 0 Å². The minimum Gasteiger partial charge on any atom is -0.396 e. The van der Waals surface area contributed by atoms with Gasteiger partial charge in [-0.1, -0.05) is 0 Å². The number of hydrogen-bond acceptors (Lipinski definition) is 4. The number of hydrogen-bond donors (Lipinski definition) is 3.